The molecule has 1 aromatic carbocycles. The monoisotopic (exact) mass is 313 g/mol. The van der Waals surface area contributed by atoms with Gasteiger partial charge in [-0.15, -0.1) is 0 Å². The van der Waals surface area contributed by atoms with Gasteiger partial charge in [-0.1, -0.05) is 24.6 Å². The van der Waals surface area contributed by atoms with Crippen molar-refractivity contribution in [3.05, 3.63) is 41.8 Å². The Morgan fingerprint density at radius 2 is 1.96 bits per heavy atom. The number of oxazole rings is 1. The molecule has 2 heterocycles. The standard InChI is InChI=1S/C19H27N3O/c1-3-20-12-16-8-10-22(11-9-16)13-18-14-23-19(21-18)17-6-4-15(2)5-7-17/h4-7,14,16,20H,3,8-13H2,1-2H3. The van der Waals surface area contributed by atoms with Gasteiger partial charge >= 0.3 is 0 Å². The molecule has 4 nitrogen and oxygen atoms in total. The van der Waals surface area contributed by atoms with Gasteiger partial charge in [-0.2, -0.15) is 0 Å². The van der Waals surface area contributed by atoms with E-state index in [1.165, 1.54) is 18.4 Å². The molecule has 124 valence electrons. The molecule has 0 bridgehead atoms. The molecule has 1 N–H and O–H groups in total. The lowest BCUT2D eigenvalue weighted by molar-refractivity contribution is 0.174. The average molecular weight is 313 g/mol. The van der Waals surface area contributed by atoms with Gasteiger partial charge in [0.2, 0.25) is 5.89 Å². The van der Waals surface area contributed by atoms with Gasteiger partial charge < -0.3 is 9.73 Å². The summed E-state index contributed by atoms with van der Waals surface area (Å²) in [4.78, 5) is 7.14. The van der Waals surface area contributed by atoms with Crippen LogP contribution in [0.3, 0.4) is 0 Å². The van der Waals surface area contributed by atoms with Gasteiger partial charge in [-0.3, -0.25) is 4.90 Å². The number of likely N-dealkylation sites (tertiary alicyclic amines) is 1. The molecule has 1 aromatic heterocycles. The van der Waals surface area contributed by atoms with E-state index in [0.717, 1.165) is 55.8 Å². The van der Waals surface area contributed by atoms with Crippen molar-refractivity contribution >= 4 is 0 Å². The van der Waals surface area contributed by atoms with Crippen LogP contribution in [0.15, 0.2) is 34.9 Å². The zero-order valence-corrected chi connectivity index (χ0v) is 14.2. The highest BCUT2D eigenvalue weighted by Crippen LogP contribution is 2.22. The molecule has 0 aliphatic carbocycles. The maximum Gasteiger partial charge on any atom is 0.226 e. The quantitative estimate of drug-likeness (QED) is 0.886. The molecular weight excluding hydrogens is 286 g/mol. The second-order valence-electron chi connectivity index (χ2n) is 6.54. The molecular formula is C19H27N3O. The molecule has 1 fully saturated rings. The minimum absolute atomic E-state index is 0.724. The fourth-order valence-electron chi connectivity index (χ4n) is 3.13. The molecule has 1 aliphatic rings. The predicted molar refractivity (Wildman–Crippen MR) is 93.2 cm³/mol. The number of nitrogens with one attached hydrogen (secondary N) is 1. The van der Waals surface area contributed by atoms with E-state index < -0.39 is 0 Å². The van der Waals surface area contributed by atoms with Gasteiger partial charge in [0.05, 0.1) is 5.69 Å². The summed E-state index contributed by atoms with van der Waals surface area (Å²) in [6.45, 7) is 9.69. The maximum atomic E-state index is 5.66. The summed E-state index contributed by atoms with van der Waals surface area (Å²) >= 11 is 0. The van der Waals surface area contributed by atoms with E-state index in [1.807, 2.05) is 0 Å². The van der Waals surface area contributed by atoms with Crippen molar-refractivity contribution in [2.75, 3.05) is 26.2 Å². The molecule has 3 rings (SSSR count). The Morgan fingerprint density at radius 1 is 1.22 bits per heavy atom. The Kier molecular flexibility index (Phi) is 5.47. The van der Waals surface area contributed by atoms with Crippen LogP contribution >= 0.6 is 0 Å². The molecule has 1 saturated heterocycles. The number of rotatable bonds is 6. The van der Waals surface area contributed by atoms with E-state index in [1.54, 1.807) is 6.26 Å². The van der Waals surface area contributed by atoms with Crippen molar-refractivity contribution in [2.24, 2.45) is 5.92 Å². The number of piperidine rings is 1. The smallest absolute Gasteiger partial charge is 0.226 e. The lowest BCUT2D eigenvalue weighted by atomic mass is 9.97. The number of hydrogen-bond donors (Lipinski definition) is 1. The topological polar surface area (TPSA) is 41.3 Å². The molecule has 2 aromatic rings. The van der Waals surface area contributed by atoms with Crippen molar-refractivity contribution < 1.29 is 4.42 Å². The van der Waals surface area contributed by atoms with Gasteiger partial charge in [-0.05, 0) is 64.0 Å². The summed E-state index contributed by atoms with van der Waals surface area (Å²) in [5.41, 5.74) is 3.33. The Hall–Kier alpha value is -1.65. The Morgan fingerprint density at radius 3 is 2.65 bits per heavy atom. The third-order valence-corrected chi connectivity index (χ3v) is 4.63. The number of aryl methyl sites for hydroxylation is 1. The lowest BCUT2D eigenvalue weighted by Gasteiger charge is -2.31. The van der Waals surface area contributed by atoms with Crippen molar-refractivity contribution in [3.8, 4) is 11.5 Å². The molecule has 0 radical (unpaired) electrons. The number of hydrogen-bond acceptors (Lipinski definition) is 4. The Bertz CT molecular complexity index is 597. The van der Waals surface area contributed by atoms with E-state index in [2.05, 4.69) is 53.3 Å². The zero-order valence-electron chi connectivity index (χ0n) is 14.2. The number of aromatic nitrogens is 1. The fourth-order valence-corrected chi connectivity index (χ4v) is 3.13. The third kappa shape index (κ3) is 4.43. The Labute approximate surface area is 138 Å². The van der Waals surface area contributed by atoms with Crippen LogP contribution in [0.5, 0.6) is 0 Å². The van der Waals surface area contributed by atoms with Crippen LogP contribution in [0.4, 0.5) is 0 Å². The molecule has 0 atom stereocenters. The summed E-state index contributed by atoms with van der Waals surface area (Å²) in [7, 11) is 0. The normalized spacial score (nSPS) is 16.8. The SMILES string of the molecule is CCNCC1CCN(Cc2coc(-c3ccc(C)cc3)n2)CC1. The summed E-state index contributed by atoms with van der Waals surface area (Å²) in [5, 5.41) is 3.46. The molecule has 4 heteroatoms. The van der Waals surface area contributed by atoms with E-state index in [-0.39, 0.29) is 0 Å². The van der Waals surface area contributed by atoms with Crippen molar-refractivity contribution in [1.29, 1.82) is 0 Å². The molecule has 0 amide bonds. The first kappa shape index (κ1) is 16.2. The second-order valence-corrected chi connectivity index (χ2v) is 6.54. The maximum absolute atomic E-state index is 5.66. The van der Waals surface area contributed by atoms with E-state index >= 15 is 0 Å². The predicted octanol–water partition coefficient (Wildman–Crippen LogP) is 3.47. The molecule has 1 aliphatic heterocycles. The molecule has 0 saturated carbocycles. The second kappa shape index (κ2) is 7.75. The largest absolute Gasteiger partial charge is 0.444 e. The summed E-state index contributed by atoms with van der Waals surface area (Å²) in [6, 6.07) is 8.32. The van der Waals surface area contributed by atoms with Gasteiger partial charge in [0, 0.05) is 12.1 Å². The fraction of sp³-hybridized carbons (Fsp3) is 0.526. The number of nitrogens with zero attached hydrogens (tertiary/aromatic N) is 2. The van der Waals surface area contributed by atoms with Crippen LogP contribution in [0.25, 0.3) is 11.5 Å². The van der Waals surface area contributed by atoms with Gasteiger partial charge in [0.15, 0.2) is 0 Å². The van der Waals surface area contributed by atoms with Crippen LogP contribution in [0, 0.1) is 12.8 Å². The number of benzene rings is 1. The summed E-state index contributed by atoms with van der Waals surface area (Å²) < 4.78 is 5.66. The highest BCUT2D eigenvalue weighted by atomic mass is 16.3. The highest BCUT2D eigenvalue weighted by molar-refractivity contribution is 5.53. The molecule has 0 spiro atoms. The Balaban J connectivity index is 1.53. The molecule has 23 heavy (non-hydrogen) atoms. The average Bonchev–Trinajstić information content (AvgIpc) is 3.03. The lowest BCUT2D eigenvalue weighted by Crippen LogP contribution is -2.36. The molecule has 0 unspecified atom stereocenters. The van der Waals surface area contributed by atoms with Crippen LogP contribution < -0.4 is 5.32 Å². The first-order valence-electron chi connectivity index (χ1n) is 8.69. The third-order valence-electron chi connectivity index (χ3n) is 4.63. The van der Waals surface area contributed by atoms with Crippen LogP contribution in [-0.4, -0.2) is 36.1 Å². The minimum atomic E-state index is 0.724. The van der Waals surface area contributed by atoms with Gasteiger partial charge in [0.25, 0.3) is 0 Å². The summed E-state index contributed by atoms with van der Waals surface area (Å²) in [5.74, 6) is 1.55. The van der Waals surface area contributed by atoms with Crippen LogP contribution in [0.1, 0.15) is 31.0 Å². The van der Waals surface area contributed by atoms with E-state index in [0.29, 0.717) is 0 Å². The van der Waals surface area contributed by atoms with Gasteiger partial charge in [-0.25, -0.2) is 4.98 Å². The van der Waals surface area contributed by atoms with Gasteiger partial charge in [0.1, 0.15) is 6.26 Å². The van der Waals surface area contributed by atoms with Crippen molar-refractivity contribution in [1.82, 2.24) is 15.2 Å². The zero-order chi connectivity index (χ0) is 16.1. The van der Waals surface area contributed by atoms with Crippen LogP contribution in [-0.2, 0) is 6.54 Å². The first-order chi connectivity index (χ1) is 11.2. The first-order valence-corrected chi connectivity index (χ1v) is 8.69. The summed E-state index contributed by atoms with van der Waals surface area (Å²) in [6.07, 6.45) is 4.35. The van der Waals surface area contributed by atoms with Crippen molar-refractivity contribution in [3.63, 3.8) is 0 Å². The van der Waals surface area contributed by atoms with Crippen LogP contribution in [0.2, 0.25) is 0 Å². The highest BCUT2D eigenvalue weighted by Gasteiger charge is 2.19. The van der Waals surface area contributed by atoms with E-state index in [9.17, 15) is 0 Å². The van der Waals surface area contributed by atoms with Crippen molar-refractivity contribution in [2.45, 2.75) is 33.2 Å². The van der Waals surface area contributed by atoms with E-state index in [4.69, 9.17) is 4.42 Å². The minimum Gasteiger partial charge on any atom is -0.444 e.